The molecule has 5 rings (SSSR count). The number of piperidine rings is 4. The van der Waals surface area contributed by atoms with Gasteiger partial charge < -0.3 is 24.9 Å². The van der Waals surface area contributed by atoms with Crippen LogP contribution in [0.15, 0.2) is 0 Å². The second-order valence-corrected chi connectivity index (χ2v) is 23.4. The molecule has 0 unspecified atom stereocenters. The Hall–Kier alpha value is -1.99. The summed E-state index contributed by atoms with van der Waals surface area (Å²) >= 11 is 0. The topological polar surface area (TPSA) is 181 Å². The summed E-state index contributed by atoms with van der Waals surface area (Å²) in [5.41, 5.74) is -5.84. The predicted molar refractivity (Wildman–Crippen MR) is 226 cm³/mol. The number of hydrogen-bond acceptors (Lipinski definition) is 12. The van der Waals surface area contributed by atoms with Crippen LogP contribution in [0.4, 0.5) is 17.8 Å². The van der Waals surface area contributed by atoms with Gasteiger partial charge in [0, 0.05) is 81.6 Å². The molecule has 5 heterocycles. The van der Waals surface area contributed by atoms with Crippen molar-refractivity contribution in [2.24, 2.45) is 0 Å². The van der Waals surface area contributed by atoms with Gasteiger partial charge in [0.15, 0.2) is 0 Å². The quantitative estimate of drug-likeness (QED) is 0.276. The highest BCUT2D eigenvalue weighted by atomic mass is 16.5. The van der Waals surface area contributed by atoms with Crippen LogP contribution in [0.1, 0.15) is 162 Å². The van der Waals surface area contributed by atoms with E-state index in [0.717, 1.165) is 0 Å². The number of nitrogens with zero attached hydrogens (tertiary/aromatic N) is 10. The van der Waals surface area contributed by atoms with Crippen molar-refractivity contribution in [1.82, 2.24) is 35.2 Å². The number of hydroxylamine groups is 8. The molecular formula is C43H78N10O6. The molecular weight excluding hydrogens is 753 g/mol. The summed E-state index contributed by atoms with van der Waals surface area (Å²) in [6.45, 7) is 31.6. The van der Waals surface area contributed by atoms with Crippen LogP contribution in [0, 0.1) is 0 Å². The molecule has 0 saturated carbocycles. The van der Waals surface area contributed by atoms with E-state index in [0.29, 0.717) is 69.2 Å². The number of rotatable bonds is 11. The third-order valence-electron chi connectivity index (χ3n) is 13.9. The third-order valence-corrected chi connectivity index (χ3v) is 13.9. The molecule has 1 aromatic heterocycles. The standard InChI is InChI=1S/C43H78N10O6/c1-36(2)21-29(22-37(3,4)50(36)56)48(30-23-38(5,6)51(57)39(7,8)24-30)34-44-33(47(17-19-54)18-20-55)45-35(46-34)49(31-25-40(9,10)52(58)41(11,12)26-31)32-27-42(13,14)53(59)43(15,16)28-32/h29-32,54-55H,17-28H2,1-16H3. The smallest absolute Gasteiger partial charge is 0.232 e. The normalized spacial score (nSPS) is 27.8. The first kappa shape index (κ1) is 48.0. The fourth-order valence-electron chi connectivity index (χ4n) is 12.1. The second-order valence-electron chi connectivity index (χ2n) is 23.4. The number of hydrogen-bond donors (Lipinski definition) is 2. The van der Waals surface area contributed by atoms with Crippen LogP contribution in [0.3, 0.4) is 0 Å². The summed E-state index contributed by atoms with van der Waals surface area (Å²) in [5, 5.41) is 80.8. The minimum absolute atomic E-state index is 0.163. The SMILES string of the molecule is CC1(C)CC(N(c2nc(N(CCO)CCO)nc(N(C3CC(C)(C)N([O])C(C)(C)C3)C3CC(C)(C)N([O])C(C)(C)C3)n2)C2CC(C)(C)N([O])C(C)(C)C2)CC(C)(C)N1[O]. The molecule has 0 atom stereocenters. The fraction of sp³-hybridized carbons (Fsp3) is 0.930. The number of anilines is 3. The largest absolute Gasteiger partial charge is 0.395 e. The zero-order valence-electron chi connectivity index (χ0n) is 39.3. The van der Waals surface area contributed by atoms with E-state index in [4.69, 9.17) is 15.0 Å². The molecule has 4 aliphatic rings. The second kappa shape index (κ2) is 16.0. The summed E-state index contributed by atoms with van der Waals surface area (Å²) in [6, 6.07) is -0.819. The van der Waals surface area contributed by atoms with E-state index in [-0.39, 0.29) is 50.5 Å². The lowest BCUT2D eigenvalue weighted by atomic mass is 9.74. The number of aliphatic hydroxyl groups is 2. The monoisotopic (exact) mass is 831 g/mol. The molecule has 1 aromatic rings. The Balaban J connectivity index is 1.83. The van der Waals surface area contributed by atoms with Gasteiger partial charge in [-0.1, -0.05) is 0 Å². The Labute approximate surface area is 355 Å². The van der Waals surface area contributed by atoms with Gasteiger partial charge in [0.1, 0.15) is 0 Å². The molecule has 16 heteroatoms. The van der Waals surface area contributed by atoms with Gasteiger partial charge in [-0.2, -0.15) is 15.0 Å². The summed E-state index contributed by atoms with van der Waals surface area (Å²) < 4.78 is 0. The van der Waals surface area contributed by atoms with E-state index in [1.807, 2.05) is 111 Å². The Morgan fingerprint density at radius 2 is 0.593 bits per heavy atom. The molecule has 59 heavy (non-hydrogen) atoms. The van der Waals surface area contributed by atoms with Gasteiger partial charge in [-0.25, -0.2) is 0 Å². The Kier molecular flexibility index (Phi) is 13.0. The molecule has 336 valence electrons. The summed E-state index contributed by atoms with van der Waals surface area (Å²) in [4.78, 5) is 22.3. The highest BCUT2D eigenvalue weighted by Gasteiger charge is 2.56. The molecule has 4 aliphatic heterocycles. The molecule has 0 spiro atoms. The van der Waals surface area contributed by atoms with Crippen molar-refractivity contribution in [1.29, 1.82) is 0 Å². The van der Waals surface area contributed by atoms with Crippen LogP contribution >= 0.6 is 0 Å². The van der Waals surface area contributed by atoms with Crippen molar-refractivity contribution in [2.75, 3.05) is 41.0 Å². The Morgan fingerprint density at radius 1 is 0.407 bits per heavy atom. The molecule has 0 amide bonds. The minimum Gasteiger partial charge on any atom is -0.395 e. The predicted octanol–water partition coefficient (Wildman–Crippen LogP) is 5.74. The zero-order valence-corrected chi connectivity index (χ0v) is 39.3. The maximum Gasteiger partial charge on any atom is 0.232 e. The van der Waals surface area contributed by atoms with Crippen molar-refractivity contribution in [3.05, 3.63) is 0 Å². The van der Waals surface area contributed by atoms with Crippen molar-refractivity contribution in [3.8, 4) is 0 Å². The lowest BCUT2D eigenvalue weighted by molar-refractivity contribution is -0.294. The average molecular weight is 831 g/mol. The molecule has 0 bridgehead atoms. The van der Waals surface area contributed by atoms with Gasteiger partial charge in [0.25, 0.3) is 0 Å². The van der Waals surface area contributed by atoms with E-state index in [1.54, 1.807) is 4.90 Å². The molecule has 2 N–H and O–H groups in total. The van der Waals surface area contributed by atoms with E-state index < -0.39 is 44.3 Å². The van der Waals surface area contributed by atoms with Crippen LogP contribution in [0.2, 0.25) is 0 Å². The minimum atomic E-state index is -0.730. The van der Waals surface area contributed by atoms with Crippen molar-refractivity contribution < 1.29 is 31.0 Å². The van der Waals surface area contributed by atoms with Crippen molar-refractivity contribution in [3.63, 3.8) is 0 Å². The summed E-state index contributed by atoms with van der Waals surface area (Å²) in [7, 11) is 0. The molecule has 4 fully saturated rings. The Bertz CT molecular complexity index is 1370. The van der Waals surface area contributed by atoms with Gasteiger partial charge in [-0.3, -0.25) is 0 Å². The van der Waals surface area contributed by atoms with Crippen LogP contribution in [0.25, 0.3) is 0 Å². The first-order valence-electron chi connectivity index (χ1n) is 21.9. The molecule has 16 nitrogen and oxygen atoms in total. The van der Waals surface area contributed by atoms with Crippen LogP contribution in [-0.2, 0) is 20.8 Å². The maximum atomic E-state index is 13.8. The van der Waals surface area contributed by atoms with Crippen LogP contribution < -0.4 is 14.7 Å². The van der Waals surface area contributed by atoms with Gasteiger partial charge in [-0.05, 0) is 162 Å². The summed E-state index contributed by atoms with van der Waals surface area (Å²) in [6.07, 6.45) is 4.14. The first-order chi connectivity index (χ1) is 26.7. The number of aromatic nitrogens is 3. The van der Waals surface area contributed by atoms with Gasteiger partial charge >= 0.3 is 0 Å². The first-order valence-corrected chi connectivity index (χ1v) is 21.9. The highest BCUT2D eigenvalue weighted by molar-refractivity contribution is 5.50. The van der Waals surface area contributed by atoms with Crippen LogP contribution in [-0.4, -0.2) is 140 Å². The lowest BCUT2D eigenvalue weighted by Gasteiger charge is -2.58. The molecule has 0 aromatic carbocycles. The van der Waals surface area contributed by atoms with Gasteiger partial charge in [-0.15, -0.1) is 41.1 Å². The van der Waals surface area contributed by atoms with Crippen molar-refractivity contribution >= 4 is 17.8 Å². The zero-order chi connectivity index (χ0) is 44.7. The molecule has 0 aliphatic carbocycles. The van der Waals surface area contributed by atoms with Crippen molar-refractivity contribution in [2.45, 2.75) is 231 Å². The van der Waals surface area contributed by atoms with Crippen LogP contribution in [0.5, 0.6) is 0 Å². The van der Waals surface area contributed by atoms with E-state index >= 15 is 0 Å². The third kappa shape index (κ3) is 9.38. The average Bonchev–Trinajstić information content (AvgIpc) is 3.06. The van der Waals surface area contributed by atoms with Gasteiger partial charge in [0.2, 0.25) is 17.8 Å². The fourth-order valence-corrected chi connectivity index (χ4v) is 12.1. The van der Waals surface area contributed by atoms with E-state index in [1.165, 1.54) is 20.3 Å². The van der Waals surface area contributed by atoms with E-state index in [9.17, 15) is 31.0 Å². The Morgan fingerprint density at radius 3 is 0.780 bits per heavy atom. The highest BCUT2D eigenvalue weighted by Crippen LogP contribution is 2.48. The van der Waals surface area contributed by atoms with E-state index in [2.05, 4.69) is 9.80 Å². The summed E-state index contributed by atoms with van der Waals surface area (Å²) in [5.74, 6) is 1.10. The molecule has 4 radical (unpaired) electrons. The van der Waals surface area contributed by atoms with Gasteiger partial charge in [0.05, 0.1) is 13.2 Å². The lowest BCUT2D eigenvalue weighted by Crippen LogP contribution is -2.68. The number of aliphatic hydroxyl groups excluding tert-OH is 2. The molecule has 4 saturated heterocycles. The maximum absolute atomic E-state index is 13.8.